The third-order valence-electron chi connectivity index (χ3n) is 4.25. The number of pyridine rings is 1. The number of hydrogen-bond donors (Lipinski definition) is 2. The summed E-state index contributed by atoms with van der Waals surface area (Å²) < 4.78 is 5.13. The fourth-order valence-electron chi connectivity index (χ4n) is 2.97. The molecule has 1 aromatic rings. The summed E-state index contributed by atoms with van der Waals surface area (Å²) in [5.41, 5.74) is 1.13. The van der Waals surface area contributed by atoms with Gasteiger partial charge in [0.25, 0.3) is 0 Å². The van der Waals surface area contributed by atoms with Crippen LogP contribution in [0.15, 0.2) is 23.3 Å². The molecule has 1 fully saturated rings. The van der Waals surface area contributed by atoms with Gasteiger partial charge in [0.05, 0.1) is 7.11 Å². The lowest BCUT2D eigenvalue weighted by Crippen LogP contribution is -2.37. The minimum absolute atomic E-state index is 0. The molecule has 0 aliphatic heterocycles. The highest BCUT2D eigenvalue weighted by Crippen LogP contribution is 2.28. The Morgan fingerprint density at radius 3 is 2.83 bits per heavy atom. The molecule has 0 bridgehead atoms. The van der Waals surface area contributed by atoms with Gasteiger partial charge < -0.3 is 15.4 Å². The van der Waals surface area contributed by atoms with Crippen LogP contribution < -0.4 is 15.4 Å². The van der Waals surface area contributed by atoms with Gasteiger partial charge in [0, 0.05) is 32.4 Å². The van der Waals surface area contributed by atoms with Gasteiger partial charge in [0.1, 0.15) is 0 Å². The Hall–Kier alpha value is -1.05. The lowest BCUT2D eigenvalue weighted by Gasteiger charge is -2.13. The minimum atomic E-state index is 0. The van der Waals surface area contributed by atoms with Crippen molar-refractivity contribution in [2.24, 2.45) is 10.9 Å². The Labute approximate surface area is 156 Å². The molecule has 5 nitrogen and oxygen atoms in total. The van der Waals surface area contributed by atoms with Crippen LogP contribution in [0.2, 0.25) is 0 Å². The normalized spacial score (nSPS) is 15.1. The van der Waals surface area contributed by atoms with Crippen LogP contribution >= 0.6 is 24.0 Å². The molecule has 0 unspecified atom stereocenters. The monoisotopic (exact) mass is 432 g/mol. The maximum atomic E-state index is 5.13. The quantitative estimate of drug-likeness (QED) is 0.300. The Morgan fingerprint density at radius 1 is 1.35 bits per heavy atom. The smallest absolute Gasteiger partial charge is 0.213 e. The molecule has 1 aliphatic carbocycles. The number of ether oxygens (including phenoxy) is 1. The predicted octanol–water partition coefficient (Wildman–Crippen LogP) is 3.34. The van der Waals surface area contributed by atoms with Crippen molar-refractivity contribution in [3.8, 4) is 5.88 Å². The van der Waals surface area contributed by atoms with Gasteiger partial charge in [0.2, 0.25) is 5.88 Å². The van der Waals surface area contributed by atoms with Crippen molar-refractivity contribution in [3.05, 3.63) is 23.9 Å². The van der Waals surface area contributed by atoms with E-state index in [0.29, 0.717) is 12.4 Å². The number of halogens is 1. The maximum absolute atomic E-state index is 5.13. The molecule has 0 spiro atoms. The molecule has 0 saturated heterocycles. The highest BCUT2D eigenvalue weighted by Gasteiger charge is 2.13. The first-order valence-corrected chi connectivity index (χ1v) is 8.25. The van der Waals surface area contributed by atoms with E-state index in [2.05, 4.69) is 20.6 Å². The van der Waals surface area contributed by atoms with Crippen molar-refractivity contribution in [1.82, 2.24) is 15.6 Å². The molecule has 2 rings (SSSR count). The van der Waals surface area contributed by atoms with Crippen LogP contribution in [-0.4, -0.2) is 31.6 Å². The number of hydrogen-bond acceptors (Lipinski definition) is 3. The Kier molecular flexibility index (Phi) is 9.98. The molecule has 1 saturated carbocycles. The van der Waals surface area contributed by atoms with E-state index >= 15 is 0 Å². The first kappa shape index (κ1) is 20.0. The third kappa shape index (κ3) is 7.37. The second-order valence-electron chi connectivity index (χ2n) is 5.85. The first-order chi connectivity index (χ1) is 10.8. The lowest BCUT2D eigenvalue weighted by atomic mass is 10.0. The first-order valence-electron chi connectivity index (χ1n) is 8.25. The van der Waals surface area contributed by atoms with E-state index in [0.717, 1.165) is 24.0 Å². The largest absolute Gasteiger partial charge is 0.481 e. The predicted molar refractivity (Wildman–Crippen MR) is 106 cm³/mol. The zero-order valence-electron chi connectivity index (χ0n) is 14.2. The Morgan fingerprint density at radius 2 is 2.13 bits per heavy atom. The zero-order valence-corrected chi connectivity index (χ0v) is 16.5. The van der Waals surface area contributed by atoms with Gasteiger partial charge >= 0.3 is 0 Å². The van der Waals surface area contributed by atoms with Gasteiger partial charge in [0.15, 0.2) is 5.96 Å². The van der Waals surface area contributed by atoms with Crippen LogP contribution in [0.4, 0.5) is 0 Å². The number of aliphatic imine (C=N–C) groups is 1. The molecular weight excluding hydrogens is 403 g/mol. The molecule has 0 atom stereocenters. The standard InChI is InChI=1S/C17H28N4O.HI/c1-18-17(20-10-5-8-14-6-3-4-7-14)21-13-15-9-11-19-16(12-15)22-2;/h9,11-12,14H,3-8,10,13H2,1-2H3,(H2,18,20,21);1H. The molecule has 1 heterocycles. The van der Waals surface area contributed by atoms with E-state index in [1.165, 1.54) is 38.5 Å². The third-order valence-corrected chi connectivity index (χ3v) is 4.25. The van der Waals surface area contributed by atoms with E-state index in [1.807, 2.05) is 12.1 Å². The highest BCUT2D eigenvalue weighted by molar-refractivity contribution is 14.0. The summed E-state index contributed by atoms with van der Waals surface area (Å²) >= 11 is 0. The average Bonchev–Trinajstić information content (AvgIpc) is 3.08. The Bertz CT molecular complexity index is 475. The van der Waals surface area contributed by atoms with E-state index in [1.54, 1.807) is 20.4 Å². The van der Waals surface area contributed by atoms with Crippen molar-refractivity contribution in [2.45, 2.75) is 45.1 Å². The topological polar surface area (TPSA) is 58.5 Å². The number of guanidine groups is 1. The van der Waals surface area contributed by atoms with Crippen LogP contribution in [0.25, 0.3) is 0 Å². The molecule has 23 heavy (non-hydrogen) atoms. The molecule has 130 valence electrons. The van der Waals surface area contributed by atoms with E-state index in [9.17, 15) is 0 Å². The second-order valence-corrected chi connectivity index (χ2v) is 5.85. The van der Waals surface area contributed by atoms with E-state index in [4.69, 9.17) is 4.74 Å². The maximum Gasteiger partial charge on any atom is 0.213 e. The molecule has 1 aliphatic rings. The second kappa shape index (κ2) is 11.5. The van der Waals surface area contributed by atoms with Crippen LogP contribution in [-0.2, 0) is 6.54 Å². The Balaban J connectivity index is 0.00000264. The summed E-state index contributed by atoms with van der Waals surface area (Å²) in [6.07, 6.45) is 10.0. The van der Waals surface area contributed by atoms with Gasteiger partial charge in [-0.05, 0) is 30.4 Å². The summed E-state index contributed by atoms with van der Waals surface area (Å²) in [5, 5.41) is 6.71. The van der Waals surface area contributed by atoms with Gasteiger partial charge in [-0.3, -0.25) is 4.99 Å². The van der Waals surface area contributed by atoms with Crippen LogP contribution in [0, 0.1) is 5.92 Å². The lowest BCUT2D eigenvalue weighted by molar-refractivity contribution is 0.397. The molecule has 1 aromatic heterocycles. The van der Waals surface area contributed by atoms with Crippen molar-refractivity contribution >= 4 is 29.9 Å². The van der Waals surface area contributed by atoms with Crippen molar-refractivity contribution in [1.29, 1.82) is 0 Å². The number of nitrogens with one attached hydrogen (secondary N) is 2. The average molecular weight is 432 g/mol. The van der Waals surface area contributed by atoms with Gasteiger partial charge in [-0.1, -0.05) is 25.7 Å². The van der Waals surface area contributed by atoms with Crippen LogP contribution in [0.5, 0.6) is 5.88 Å². The van der Waals surface area contributed by atoms with E-state index in [-0.39, 0.29) is 24.0 Å². The fraction of sp³-hybridized carbons (Fsp3) is 0.647. The van der Waals surface area contributed by atoms with E-state index < -0.39 is 0 Å². The van der Waals surface area contributed by atoms with Gasteiger partial charge in [-0.15, -0.1) is 24.0 Å². The highest BCUT2D eigenvalue weighted by atomic mass is 127. The molecule has 0 radical (unpaired) electrons. The molecular formula is C17H29IN4O. The number of aromatic nitrogens is 1. The van der Waals surface area contributed by atoms with Crippen LogP contribution in [0.1, 0.15) is 44.1 Å². The number of rotatable bonds is 7. The molecule has 0 aromatic carbocycles. The summed E-state index contributed by atoms with van der Waals surface area (Å²) in [7, 11) is 3.43. The number of methoxy groups -OCH3 is 1. The SMILES string of the molecule is CN=C(NCCCC1CCCC1)NCc1ccnc(OC)c1.I. The molecule has 6 heteroatoms. The van der Waals surface area contributed by atoms with Crippen molar-refractivity contribution in [2.75, 3.05) is 20.7 Å². The number of nitrogens with zero attached hydrogens (tertiary/aromatic N) is 2. The van der Waals surface area contributed by atoms with Crippen LogP contribution in [0.3, 0.4) is 0 Å². The van der Waals surface area contributed by atoms with Crippen molar-refractivity contribution < 1.29 is 4.74 Å². The molecule has 0 amide bonds. The van der Waals surface area contributed by atoms with Crippen molar-refractivity contribution in [3.63, 3.8) is 0 Å². The zero-order chi connectivity index (χ0) is 15.6. The molecule has 2 N–H and O–H groups in total. The van der Waals surface area contributed by atoms with Gasteiger partial charge in [-0.25, -0.2) is 4.98 Å². The van der Waals surface area contributed by atoms with Gasteiger partial charge in [-0.2, -0.15) is 0 Å². The minimum Gasteiger partial charge on any atom is -0.481 e. The summed E-state index contributed by atoms with van der Waals surface area (Å²) in [5.74, 6) is 2.45. The summed E-state index contributed by atoms with van der Waals surface area (Å²) in [4.78, 5) is 8.37. The summed E-state index contributed by atoms with van der Waals surface area (Å²) in [6.45, 7) is 1.69. The fourth-order valence-corrected chi connectivity index (χ4v) is 2.97. The summed E-state index contributed by atoms with van der Waals surface area (Å²) in [6, 6.07) is 3.91.